The Labute approximate surface area is 136 Å². The summed E-state index contributed by atoms with van der Waals surface area (Å²) < 4.78 is 5.40. The summed E-state index contributed by atoms with van der Waals surface area (Å²) in [4.78, 5) is 20.5. The number of aromatic nitrogens is 2. The van der Waals surface area contributed by atoms with Crippen LogP contribution in [0.1, 0.15) is 38.2 Å². The lowest BCUT2D eigenvalue weighted by atomic mass is 10.1. The Hall–Kier alpha value is -2.63. The summed E-state index contributed by atoms with van der Waals surface area (Å²) in [6.07, 6.45) is 1.56. The molecule has 2 N–H and O–H groups in total. The van der Waals surface area contributed by atoms with Crippen molar-refractivity contribution in [3.63, 3.8) is 0 Å². The van der Waals surface area contributed by atoms with Crippen molar-refractivity contribution < 1.29 is 9.53 Å². The van der Waals surface area contributed by atoms with E-state index in [0.29, 0.717) is 18.2 Å². The maximum absolute atomic E-state index is 12.1. The third-order valence-electron chi connectivity index (χ3n) is 2.80. The van der Waals surface area contributed by atoms with Gasteiger partial charge < -0.3 is 15.4 Å². The molecule has 2 rings (SSSR count). The monoisotopic (exact) mass is 314 g/mol. The number of rotatable bonds is 5. The molecule has 1 amide bonds. The molecular formula is C17H22N4O2. The molecule has 6 heteroatoms. The van der Waals surface area contributed by atoms with E-state index in [9.17, 15) is 4.79 Å². The van der Waals surface area contributed by atoms with Gasteiger partial charge in [-0.25, -0.2) is 9.97 Å². The van der Waals surface area contributed by atoms with Crippen LogP contribution >= 0.6 is 0 Å². The van der Waals surface area contributed by atoms with Crippen molar-refractivity contribution in [1.82, 2.24) is 15.3 Å². The van der Waals surface area contributed by atoms with Gasteiger partial charge in [-0.2, -0.15) is 0 Å². The molecule has 0 fully saturated rings. The maximum atomic E-state index is 12.1. The van der Waals surface area contributed by atoms with Crippen molar-refractivity contribution >= 4 is 17.5 Å². The minimum Gasteiger partial charge on any atom is -0.494 e. The molecule has 0 aliphatic heterocycles. The van der Waals surface area contributed by atoms with Gasteiger partial charge in [0.05, 0.1) is 6.61 Å². The van der Waals surface area contributed by atoms with Crippen molar-refractivity contribution in [3.8, 4) is 5.75 Å². The van der Waals surface area contributed by atoms with Gasteiger partial charge in [0.25, 0.3) is 5.91 Å². The van der Waals surface area contributed by atoms with Crippen molar-refractivity contribution in [3.05, 3.63) is 42.2 Å². The van der Waals surface area contributed by atoms with E-state index in [0.717, 1.165) is 11.4 Å². The lowest BCUT2D eigenvalue weighted by Gasteiger charge is -2.20. The SMILES string of the molecule is CCOc1ccc(Nc2nccc(C(=O)NC(C)(C)C)n2)cc1. The van der Waals surface area contributed by atoms with E-state index >= 15 is 0 Å². The van der Waals surface area contributed by atoms with Crippen LogP contribution in [0.15, 0.2) is 36.5 Å². The van der Waals surface area contributed by atoms with E-state index in [2.05, 4.69) is 20.6 Å². The quantitative estimate of drug-likeness (QED) is 0.886. The summed E-state index contributed by atoms with van der Waals surface area (Å²) in [6, 6.07) is 9.06. The highest BCUT2D eigenvalue weighted by Gasteiger charge is 2.16. The van der Waals surface area contributed by atoms with Gasteiger partial charge in [-0.3, -0.25) is 4.79 Å². The molecule has 23 heavy (non-hydrogen) atoms. The van der Waals surface area contributed by atoms with E-state index in [1.807, 2.05) is 52.0 Å². The number of ether oxygens (including phenoxy) is 1. The standard InChI is InChI=1S/C17H22N4O2/c1-5-23-13-8-6-12(7-9-13)19-16-18-11-10-14(20-16)15(22)21-17(2,3)4/h6-11H,5H2,1-4H3,(H,21,22)(H,18,19,20). The van der Waals surface area contributed by atoms with Crippen LogP contribution in [-0.4, -0.2) is 28.0 Å². The third-order valence-corrected chi connectivity index (χ3v) is 2.80. The van der Waals surface area contributed by atoms with Gasteiger partial charge in [0.2, 0.25) is 5.95 Å². The summed E-state index contributed by atoms with van der Waals surface area (Å²) in [5.74, 6) is 0.947. The Morgan fingerprint density at radius 1 is 1.17 bits per heavy atom. The highest BCUT2D eigenvalue weighted by molar-refractivity contribution is 5.92. The molecule has 1 aromatic carbocycles. The highest BCUT2D eigenvalue weighted by atomic mass is 16.5. The van der Waals surface area contributed by atoms with Gasteiger partial charge in [-0.15, -0.1) is 0 Å². The molecule has 0 saturated heterocycles. The lowest BCUT2D eigenvalue weighted by Crippen LogP contribution is -2.41. The van der Waals surface area contributed by atoms with Crippen LogP contribution in [0.25, 0.3) is 0 Å². The number of carbonyl (C=O) groups is 1. The van der Waals surface area contributed by atoms with Gasteiger partial charge in [0.15, 0.2) is 0 Å². The fourth-order valence-electron chi connectivity index (χ4n) is 1.88. The first-order chi connectivity index (χ1) is 10.9. The van der Waals surface area contributed by atoms with Crippen molar-refractivity contribution in [2.45, 2.75) is 33.2 Å². The van der Waals surface area contributed by atoms with Gasteiger partial charge in [-0.05, 0) is 58.0 Å². The predicted molar refractivity (Wildman–Crippen MR) is 90.1 cm³/mol. The Balaban J connectivity index is 2.09. The fourth-order valence-corrected chi connectivity index (χ4v) is 1.88. The third kappa shape index (κ3) is 5.25. The van der Waals surface area contributed by atoms with Crippen LogP contribution in [0.2, 0.25) is 0 Å². The number of carbonyl (C=O) groups excluding carboxylic acids is 1. The van der Waals surface area contributed by atoms with Crippen LogP contribution < -0.4 is 15.4 Å². The van der Waals surface area contributed by atoms with Crippen molar-refractivity contribution in [1.29, 1.82) is 0 Å². The first kappa shape index (κ1) is 16.7. The molecule has 2 aromatic rings. The number of amides is 1. The van der Waals surface area contributed by atoms with Crippen LogP contribution in [0.3, 0.4) is 0 Å². The normalized spacial score (nSPS) is 11.0. The summed E-state index contributed by atoms with van der Waals surface area (Å²) in [6.45, 7) is 8.33. The molecular weight excluding hydrogens is 292 g/mol. The van der Waals surface area contributed by atoms with Gasteiger partial charge in [0.1, 0.15) is 11.4 Å². The molecule has 0 spiro atoms. The zero-order valence-corrected chi connectivity index (χ0v) is 13.9. The van der Waals surface area contributed by atoms with Crippen LogP contribution in [0, 0.1) is 0 Å². The van der Waals surface area contributed by atoms with E-state index in [-0.39, 0.29) is 11.4 Å². The topological polar surface area (TPSA) is 76.1 Å². The molecule has 0 aliphatic carbocycles. The smallest absolute Gasteiger partial charge is 0.270 e. The number of nitrogens with one attached hydrogen (secondary N) is 2. The molecule has 0 aliphatic rings. The Bertz CT molecular complexity index is 663. The number of benzene rings is 1. The average Bonchev–Trinajstić information content (AvgIpc) is 2.48. The van der Waals surface area contributed by atoms with Crippen LogP contribution in [0.4, 0.5) is 11.6 Å². The minimum absolute atomic E-state index is 0.227. The van der Waals surface area contributed by atoms with Gasteiger partial charge >= 0.3 is 0 Å². The van der Waals surface area contributed by atoms with Gasteiger partial charge in [0, 0.05) is 17.4 Å². The predicted octanol–water partition coefficient (Wildman–Crippen LogP) is 3.15. The van der Waals surface area contributed by atoms with Crippen molar-refractivity contribution in [2.75, 3.05) is 11.9 Å². The van der Waals surface area contributed by atoms with E-state index < -0.39 is 0 Å². The Morgan fingerprint density at radius 2 is 1.87 bits per heavy atom. The zero-order chi connectivity index (χ0) is 16.9. The fraction of sp³-hybridized carbons (Fsp3) is 0.353. The lowest BCUT2D eigenvalue weighted by molar-refractivity contribution is 0.0914. The molecule has 0 atom stereocenters. The second kappa shape index (κ2) is 7.09. The van der Waals surface area contributed by atoms with E-state index in [1.165, 1.54) is 0 Å². The first-order valence-electron chi connectivity index (χ1n) is 7.53. The number of hydrogen-bond donors (Lipinski definition) is 2. The van der Waals surface area contributed by atoms with Crippen LogP contribution in [-0.2, 0) is 0 Å². The second-order valence-electron chi connectivity index (χ2n) is 6.05. The van der Waals surface area contributed by atoms with E-state index in [4.69, 9.17) is 4.74 Å². The molecule has 0 radical (unpaired) electrons. The summed E-state index contributed by atoms with van der Waals surface area (Å²) >= 11 is 0. The summed E-state index contributed by atoms with van der Waals surface area (Å²) in [7, 11) is 0. The van der Waals surface area contributed by atoms with E-state index in [1.54, 1.807) is 12.3 Å². The molecule has 122 valence electrons. The molecule has 1 heterocycles. The second-order valence-corrected chi connectivity index (χ2v) is 6.05. The largest absolute Gasteiger partial charge is 0.494 e. The molecule has 6 nitrogen and oxygen atoms in total. The van der Waals surface area contributed by atoms with Crippen LogP contribution in [0.5, 0.6) is 5.75 Å². The van der Waals surface area contributed by atoms with Gasteiger partial charge in [-0.1, -0.05) is 0 Å². The van der Waals surface area contributed by atoms with Crippen molar-refractivity contribution in [2.24, 2.45) is 0 Å². The summed E-state index contributed by atoms with van der Waals surface area (Å²) in [5.41, 5.74) is 0.829. The zero-order valence-electron chi connectivity index (χ0n) is 13.9. The minimum atomic E-state index is -0.315. The Morgan fingerprint density at radius 3 is 2.48 bits per heavy atom. The average molecular weight is 314 g/mol. The highest BCUT2D eigenvalue weighted by Crippen LogP contribution is 2.18. The molecule has 0 saturated carbocycles. The molecule has 0 unspecified atom stereocenters. The number of nitrogens with zero attached hydrogens (tertiary/aromatic N) is 2. The molecule has 0 bridgehead atoms. The Kier molecular flexibility index (Phi) is 5.16. The number of anilines is 2. The summed E-state index contributed by atoms with van der Waals surface area (Å²) in [5, 5.41) is 5.95. The first-order valence-corrected chi connectivity index (χ1v) is 7.53. The molecule has 1 aromatic heterocycles. The maximum Gasteiger partial charge on any atom is 0.270 e. The number of hydrogen-bond acceptors (Lipinski definition) is 5.